The highest BCUT2D eigenvalue weighted by molar-refractivity contribution is 7.86. The lowest BCUT2D eigenvalue weighted by atomic mass is 9.84. The first-order valence-electron chi connectivity index (χ1n) is 12.9. The Labute approximate surface area is 224 Å². The Morgan fingerprint density at radius 2 is 1.61 bits per heavy atom. The molecule has 0 saturated carbocycles. The predicted octanol–water partition coefficient (Wildman–Crippen LogP) is 4.92. The van der Waals surface area contributed by atoms with Gasteiger partial charge in [-0.2, -0.15) is 8.42 Å². The smallest absolute Gasteiger partial charge is 0.268 e. The standard InChI is InChI=1S/C30H35NO6S/c32-26-14-12-24(13-15-26)29(33)8-4-7-28(38(34,35)36)18-11-23-9-16-27(17-10-23)37-30(19-21-31-22-20-30)25-5-2-1-3-6-25/h1-6,8-10,12-17,28-29,31-33H,7,11,18-22H2,(H,34,35,36)/b8-4+/t28-,29+/m0/s1. The second-order valence-electron chi connectivity index (χ2n) is 9.73. The van der Waals surface area contributed by atoms with E-state index in [-0.39, 0.29) is 24.2 Å². The van der Waals surface area contributed by atoms with Gasteiger partial charge in [0.1, 0.15) is 17.1 Å². The number of phenols is 1. The third-order valence-corrected chi connectivity index (χ3v) is 8.35. The molecular formula is C30H35NO6S. The maximum absolute atomic E-state index is 12.0. The Morgan fingerprint density at radius 1 is 0.947 bits per heavy atom. The van der Waals surface area contributed by atoms with Gasteiger partial charge in [0.05, 0.1) is 11.4 Å². The van der Waals surface area contributed by atoms with Gasteiger partial charge in [0.2, 0.25) is 0 Å². The maximum atomic E-state index is 12.0. The summed E-state index contributed by atoms with van der Waals surface area (Å²) in [4.78, 5) is 0. The first kappa shape index (κ1) is 27.9. The fourth-order valence-electron chi connectivity index (χ4n) is 4.83. The lowest BCUT2D eigenvalue weighted by Gasteiger charge is -2.38. The van der Waals surface area contributed by atoms with E-state index < -0.39 is 21.5 Å². The molecule has 1 aliphatic heterocycles. The highest BCUT2D eigenvalue weighted by Crippen LogP contribution is 2.36. The normalized spacial score (nSPS) is 17.2. The van der Waals surface area contributed by atoms with E-state index in [1.54, 1.807) is 18.2 Å². The molecule has 1 heterocycles. The number of phenolic OH excluding ortho intramolecular Hbond substituents is 1. The van der Waals surface area contributed by atoms with Crippen LogP contribution in [0.3, 0.4) is 0 Å². The van der Waals surface area contributed by atoms with Crippen molar-refractivity contribution in [2.45, 2.75) is 49.1 Å². The van der Waals surface area contributed by atoms with Gasteiger partial charge in [0.15, 0.2) is 0 Å². The molecule has 1 fully saturated rings. The van der Waals surface area contributed by atoms with Crippen molar-refractivity contribution in [1.29, 1.82) is 0 Å². The Kier molecular flexibility index (Phi) is 9.22. The Bertz CT molecular complexity index is 1280. The minimum absolute atomic E-state index is 0.0722. The molecule has 4 N–H and O–H groups in total. The summed E-state index contributed by atoms with van der Waals surface area (Å²) in [6.07, 6.45) is 4.61. The molecule has 1 aliphatic rings. The number of benzene rings is 3. The summed E-state index contributed by atoms with van der Waals surface area (Å²) >= 11 is 0. The number of hydrogen-bond acceptors (Lipinski definition) is 6. The van der Waals surface area contributed by atoms with E-state index >= 15 is 0 Å². The van der Waals surface area contributed by atoms with Crippen LogP contribution in [-0.2, 0) is 22.1 Å². The second kappa shape index (κ2) is 12.6. The first-order valence-corrected chi connectivity index (χ1v) is 14.4. The van der Waals surface area contributed by atoms with Crippen LogP contribution in [0.2, 0.25) is 0 Å². The van der Waals surface area contributed by atoms with Gasteiger partial charge < -0.3 is 20.3 Å². The number of aromatic hydroxyl groups is 1. The molecule has 0 aliphatic carbocycles. The lowest BCUT2D eigenvalue weighted by Crippen LogP contribution is -2.44. The summed E-state index contributed by atoms with van der Waals surface area (Å²) in [5, 5.41) is 22.1. The molecule has 3 aromatic rings. The summed E-state index contributed by atoms with van der Waals surface area (Å²) in [5.74, 6) is 0.856. The van der Waals surface area contributed by atoms with Crippen molar-refractivity contribution in [2.24, 2.45) is 0 Å². The van der Waals surface area contributed by atoms with Crippen LogP contribution in [-0.4, -0.2) is 41.5 Å². The van der Waals surface area contributed by atoms with Crippen LogP contribution >= 0.6 is 0 Å². The Hall–Kier alpha value is -3.17. The van der Waals surface area contributed by atoms with Crippen molar-refractivity contribution in [3.8, 4) is 11.5 Å². The third kappa shape index (κ3) is 7.45. The molecule has 0 unspecified atom stereocenters. The summed E-state index contributed by atoms with van der Waals surface area (Å²) in [7, 11) is -4.27. The van der Waals surface area contributed by atoms with Gasteiger partial charge in [-0.3, -0.25) is 4.55 Å². The highest BCUT2D eigenvalue weighted by Gasteiger charge is 2.36. The number of hydrogen-bond donors (Lipinski definition) is 4. The number of nitrogens with one attached hydrogen (secondary N) is 1. The van der Waals surface area contributed by atoms with E-state index in [9.17, 15) is 23.2 Å². The van der Waals surface area contributed by atoms with Gasteiger partial charge in [-0.1, -0.05) is 66.7 Å². The summed E-state index contributed by atoms with van der Waals surface area (Å²) in [6.45, 7) is 1.76. The van der Waals surface area contributed by atoms with E-state index in [1.807, 2.05) is 42.5 Å². The zero-order valence-electron chi connectivity index (χ0n) is 21.2. The van der Waals surface area contributed by atoms with Gasteiger partial charge in [0.25, 0.3) is 10.1 Å². The average Bonchev–Trinajstić information content (AvgIpc) is 2.92. The fourth-order valence-corrected chi connectivity index (χ4v) is 5.60. The van der Waals surface area contributed by atoms with Gasteiger partial charge >= 0.3 is 0 Å². The molecule has 0 spiro atoms. The van der Waals surface area contributed by atoms with Crippen LogP contribution in [0.25, 0.3) is 0 Å². The topological polar surface area (TPSA) is 116 Å². The van der Waals surface area contributed by atoms with Gasteiger partial charge in [-0.15, -0.1) is 0 Å². The number of piperidine rings is 1. The van der Waals surface area contributed by atoms with Crippen molar-refractivity contribution in [3.05, 3.63) is 108 Å². The van der Waals surface area contributed by atoms with E-state index in [0.29, 0.717) is 12.0 Å². The minimum Gasteiger partial charge on any atom is -0.508 e. The quantitative estimate of drug-likeness (QED) is 0.203. The molecule has 0 amide bonds. The maximum Gasteiger partial charge on any atom is 0.268 e. The largest absolute Gasteiger partial charge is 0.508 e. The average molecular weight is 538 g/mol. The lowest BCUT2D eigenvalue weighted by molar-refractivity contribution is 0.0332. The molecule has 8 heteroatoms. The van der Waals surface area contributed by atoms with Crippen molar-refractivity contribution >= 4 is 10.1 Å². The molecule has 202 valence electrons. The van der Waals surface area contributed by atoms with Crippen LogP contribution in [0, 0.1) is 0 Å². The van der Waals surface area contributed by atoms with Crippen LogP contribution in [0.15, 0.2) is 91.0 Å². The van der Waals surface area contributed by atoms with E-state index in [1.165, 1.54) is 18.2 Å². The van der Waals surface area contributed by atoms with Crippen LogP contribution in [0.4, 0.5) is 0 Å². The van der Waals surface area contributed by atoms with Crippen molar-refractivity contribution in [3.63, 3.8) is 0 Å². The zero-order valence-corrected chi connectivity index (χ0v) is 22.1. The highest BCUT2D eigenvalue weighted by atomic mass is 32.2. The molecule has 2 atom stereocenters. The zero-order chi connectivity index (χ0) is 27.0. The molecule has 1 saturated heterocycles. The first-order chi connectivity index (χ1) is 18.2. The third-order valence-electron chi connectivity index (χ3n) is 7.08. The number of ether oxygens (including phenoxy) is 1. The van der Waals surface area contributed by atoms with Crippen LogP contribution in [0.1, 0.15) is 48.5 Å². The molecule has 4 rings (SSSR count). The number of aryl methyl sites for hydroxylation is 1. The summed E-state index contributed by atoms with van der Waals surface area (Å²) < 4.78 is 40.3. The molecule has 7 nitrogen and oxygen atoms in total. The van der Waals surface area contributed by atoms with Gasteiger partial charge in [-0.25, -0.2) is 0 Å². The fraction of sp³-hybridized carbons (Fsp3) is 0.333. The number of aliphatic hydroxyl groups is 1. The monoisotopic (exact) mass is 537 g/mol. The van der Waals surface area contributed by atoms with Crippen molar-refractivity contribution < 1.29 is 27.9 Å². The predicted molar refractivity (Wildman–Crippen MR) is 148 cm³/mol. The van der Waals surface area contributed by atoms with Crippen molar-refractivity contribution in [2.75, 3.05) is 13.1 Å². The van der Waals surface area contributed by atoms with Crippen LogP contribution < -0.4 is 10.1 Å². The van der Waals surface area contributed by atoms with Gasteiger partial charge in [-0.05, 0) is 73.3 Å². The van der Waals surface area contributed by atoms with Gasteiger partial charge in [0, 0.05) is 12.8 Å². The molecule has 3 aromatic carbocycles. The van der Waals surface area contributed by atoms with E-state index in [0.717, 1.165) is 42.8 Å². The van der Waals surface area contributed by atoms with Crippen LogP contribution in [0.5, 0.6) is 11.5 Å². The second-order valence-corrected chi connectivity index (χ2v) is 11.4. The molecule has 0 radical (unpaired) electrons. The number of allylic oxidation sites excluding steroid dienone is 1. The summed E-state index contributed by atoms with van der Waals surface area (Å²) in [6, 6.07) is 24.1. The SMILES string of the molecule is O=S(=O)(O)[C@@H](C/C=C/[C@@H](O)c1ccc(O)cc1)CCc1ccc(OC2(c3ccccc3)CCNCC2)cc1. The van der Waals surface area contributed by atoms with E-state index in [2.05, 4.69) is 17.4 Å². The Morgan fingerprint density at radius 3 is 2.24 bits per heavy atom. The molecule has 0 aromatic heterocycles. The minimum atomic E-state index is -4.27. The number of rotatable bonds is 11. The molecule has 38 heavy (non-hydrogen) atoms. The summed E-state index contributed by atoms with van der Waals surface area (Å²) in [5.41, 5.74) is 2.29. The van der Waals surface area contributed by atoms with E-state index in [4.69, 9.17) is 4.74 Å². The Balaban J connectivity index is 1.36. The molecular weight excluding hydrogens is 502 g/mol. The number of aliphatic hydroxyl groups excluding tert-OH is 1. The molecule has 0 bridgehead atoms. The van der Waals surface area contributed by atoms with Crippen molar-refractivity contribution in [1.82, 2.24) is 5.32 Å².